The van der Waals surface area contributed by atoms with Crippen molar-refractivity contribution in [3.63, 3.8) is 0 Å². The molecule has 0 saturated carbocycles. The summed E-state index contributed by atoms with van der Waals surface area (Å²) in [7, 11) is 0. The van der Waals surface area contributed by atoms with Crippen LogP contribution in [0.5, 0.6) is 0 Å². The van der Waals surface area contributed by atoms with Crippen LogP contribution in [0.1, 0.15) is 24.2 Å². The minimum absolute atomic E-state index is 0. The molecule has 0 atom stereocenters. The number of hydrogen-bond acceptors (Lipinski definition) is 1. The molecule has 3 nitrogen and oxygen atoms in total. The molecule has 0 fully saturated rings. The number of benzene rings is 1. The molecule has 4 heteroatoms. The number of carbonyl (C=O) groups excluding carboxylic acids is 1. The Labute approximate surface area is 111 Å². The van der Waals surface area contributed by atoms with Crippen LogP contribution in [-0.2, 0) is 6.54 Å². The lowest BCUT2D eigenvalue weighted by Crippen LogP contribution is -3.00. The Morgan fingerprint density at radius 1 is 1.29 bits per heavy atom. The van der Waals surface area contributed by atoms with E-state index in [0.717, 1.165) is 17.8 Å². The van der Waals surface area contributed by atoms with Crippen molar-refractivity contribution in [3.05, 3.63) is 48.5 Å². The smallest absolute Gasteiger partial charge is 0.248 e. The number of rotatable bonds is 3. The van der Waals surface area contributed by atoms with Crippen molar-refractivity contribution >= 4 is 5.78 Å². The van der Waals surface area contributed by atoms with Crippen LogP contribution in [-0.4, -0.2) is 10.4 Å². The Balaban J connectivity index is 0.00000144. The summed E-state index contributed by atoms with van der Waals surface area (Å²) in [5, 5.41) is 0. The monoisotopic (exact) mass is 294 g/mol. The van der Waals surface area contributed by atoms with Gasteiger partial charge in [-0.2, -0.15) is 0 Å². The van der Waals surface area contributed by atoms with Gasteiger partial charge in [0.2, 0.25) is 6.33 Å². The number of carbonyl (C=O) groups is 1. The summed E-state index contributed by atoms with van der Waals surface area (Å²) >= 11 is 0. The molecule has 0 bridgehead atoms. The second kappa shape index (κ2) is 5.77. The number of halogens is 1. The molecule has 0 spiro atoms. The number of ketones is 1. The SMILES string of the molecule is CC[n+]1ccn(-c2ccc(C(C)=O)cc2)c1.[Br-]. The molecule has 0 N–H and O–H groups in total. The van der Waals surface area contributed by atoms with Crippen molar-refractivity contribution in [3.8, 4) is 5.69 Å². The highest BCUT2D eigenvalue weighted by Gasteiger charge is 2.05. The molecule has 2 aromatic rings. The third-order valence-electron chi connectivity index (χ3n) is 2.63. The normalized spacial score (nSPS) is 9.76. The van der Waals surface area contributed by atoms with Crippen LogP contribution in [0.4, 0.5) is 0 Å². The van der Waals surface area contributed by atoms with E-state index in [1.807, 2.05) is 47.6 Å². The minimum Gasteiger partial charge on any atom is -1.00 e. The molecule has 0 radical (unpaired) electrons. The topological polar surface area (TPSA) is 25.9 Å². The minimum atomic E-state index is 0. The van der Waals surface area contributed by atoms with Crippen molar-refractivity contribution in [1.82, 2.24) is 4.57 Å². The van der Waals surface area contributed by atoms with E-state index < -0.39 is 0 Å². The first-order chi connectivity index (χ1) is 7.70. The van der Waals surface area contributed by atoms with E-state index in [1.165, 1.54) is 0 Å². The lowest BCUT2D eigenvalue weighted by Gasteiger charge is -1.97. The zero-order valence-electron chi connectivity index (χ0n) is 9.93. The van der Waals surface area contributed by atoms with Crippen molar-refractivity contribution < 1.29 is 26.3 Å². The van der Waals surface area contributed by atoms with Gasteiger partial charge >= 0.3 is 0 Å². The predicted molar refractivity (Wildman–Crippen MR) is 61.6 cm³/mol. The average Bonchev–Trinajstić information content (AvgIpc) is 2.77. The standard InChI is InChI=1S/C13H15N2O.BrH/c1-3-14-8-9-15(10-14)13-6-4-12(5-7-13)11(2)16;/h4-10H,3H2,1-2H3;1H/q+1;/p-1. The molecular formula is C13H15BrN2O. The van der Waals surface area contributed by atoms with Gasteiger partial charge < -0.3 is 17.0 Å². The average molecular weight is 295 g/mol. The zero-order chi connectivity index (χ0) is 11.5. The summed E-state index contributed by atoms with van der Waals surface area (Å²) in [4.78, 5) is 11.1. The first-order valence-corrected chi connectivity index (χ1v) is 5.39. The van der Waals surface area contributed by atoms with Gasteiger partial charge in [0, 0.05) is 5.56 Å². The van der Waals surface area contributed by atoms with Gasteiger partial charge in [-0.1, -0.05) is 0 Å². The van der Waals surface area contributed by atoms with E-state index in [4.69, 9.17) is 0 Å². The number of aromatic nitrogens is 2. The van der Waals surface area contributed by atoms with Crippen LogP contribution >= 0.6 is 0 Å². The second-order valence-electron chi connectivity index (χ2n) is 3.75. The van der Waals surface area contributed by atoms with Gasteiger partial charge in [-0.05, 0) is 38.1 Å². The maximum absolute atomic E-state index is 11.1. The molecule has 0 aliphatic heterocycles. The highest BCUT2D eigenvalue weighted by atomic mass is 79.9. The fourth-order valence-corrected chi connectivity index (χ4v) is 1.60. The number of aryl methyl sites for hydroxylation is 1. The Bertz CT molecular complexity index is 502. The van der Waals surface area contributed by atoms with E-state index in [-0.39, 0.29) is 22.8 Å². The lowest BCUT2D eigenvalue weighted by atomic mass is 10.1. The lowest BCUT2D eigenvalue weighted by molar-refractivity contribution is -0.692. The largest absolute Gasteiger partial charge is 1.00 e. The first-order valence-electron chi connectivity index (χ1n) is 5.39. The summed E-state index contributed by atoms with van der Waals surface area (Å²) in [5.74, 6) is 0.0997. The van der Waals surface area contributed by atoms with E-state index in [1.54, 1.807) is 6.92 Å². The van der Waals surface area contributed by atoms with Gasteiger partial charge in [-0.15, -0.1) is 0 Å². The van der Waals surface area contributed by atoms with E-state index in [0.29, 0.717) is 0 Å². The summed E-state index contributed by atoms with van der Waals surface area (Å²) < 4.78 is 4.13. The van der Waals surface area contributed by atoms with Crippen molar-refractivity contribution in [1.29, 1.82) is 0 Å². The Morgan fingerprint density at radius 3 is 2.41 bits per heavy atom. The molecule has 2 rings (SSSR count). The van der Waals surface area contributed by atoms with E-state index in [2.05, 4.69) is 11.5 Å². The molecule has 0 amide bonds. The van der Waals surface area contributed by atoms with Gasteiger partial charge in [-0.3, -0.25) is 4.79 Å². The summed E-state index contributed by atoms with van der Waals surface area (Å²) in [6.45, 7) is 4.64. The number of nitrogens with zero attached hydrogens (tertiary/aromatic N) is 2. The Kier molecular flexibility index (Phi) is 4.63. The van der Waals surface area contributed by atoms with Gasteiger partial charge in [0.05, 0.1) is 6.54 Å². The summed E-state index contributed by atoms with van der Waals surface area (Å²) in [6, 6.07) is 7.62. The molecular weight excluding hydrogens is 280 g/mol. The quantitative estimate of drug-likeness (QED) is 0.526. The fourth-order valence-electron chi connectivity index (χ4n) is 1.60. The van der Waals surface area contributed by atoms with Crippen molar-refractivity contribution in [2.45, 2.75) is 20.4 Å². The van der Waals surface area contributed by atoms with Crippen molar-refractivity contribution in [2.24, 2.45) is 0 Å². The van der Waals surface area contributed by atoms with Crippen LogP contribution in [0.25, 0.3) is 5.69 Å². The van der Waals surface area contributed by atoms with Crippen LogP contribution in [0.2, 0.25) is 0 Å². The third kappa shape index (κ3) is 3.03. The Hall–Kier alpha value is -1.42. The van der Waals surface area contributed by atoms with E-state index >= 15 is 0 Å². The first kappa shape index (κ1) is 13.6. The molecule has 0 aliphatic carbocycles. The molecule has 0 saturated heterocycles. The highest BCUT2D eigenvalue weighted by molar-refractivity contribution is 5.94. The van der Waals surface area contributed by atoms with E-state index in [9.17, 15) is 4.79 Å². The number of imidazole rings is 1. The molecule has 0 unspecified atom stereocenters. The van der Waals surface area contributed by atoms with Gasteiger partial charge in [0.25, 0.3) is 0 Å². The van der Waals surface area contributed by atoms with Crippen LogP contribution in [0.15, 0.2) is 43.0 Å². The van der Waals surface area contributed by atoms with Gasteiger partial charge in [-0.25, -0.2) is 9.13 Å². The third-order valence-corrected chi connectivity index (χ3v) is 2.63. The summed E-state index contributed by atoms with van der Waals surface area (Å²) in [6.07, 6.45) is 6.06. The molecule has 90 valence electrons. The molecule has 1 aromatic heterocycles. The fraction of sp³-hybridized carbons (Fsp3) is 0.231. The van der Waals surface area contributed by atoms with Gasteiger partial charge in [0.1, 0.15) is 18.1 Å². The molecule has 1 aromatic carbocycles. The maximum atomic E-state index is 11.1. The molecule has 17 heavy (non-hydrogen) atoms. The second-order valence-corrected chi connectivity index (χ2v) is 3.75. The number of hydrogen-bond donors (Lipinski definition) is 0. The van der Waals surface area contributed by atoms with Crippen molar-refractivity contribution in [2.75, 3.05) is 0 Å². The summed E-state index contributed by atoms with van der Waals surface area (Å²) in [5.41, 5.74) is 1.82. The molecule has 0 aliphatic rings. The highest BCUT2D eigenvalue weighted by Crippen LogP contribution is 2.09. The molecule has 1 heterocycles. The predicted octanol–water partition coefficient (Wildman–Crippen LogP) is -1.01. The number of Topliss-reactive ketones (excluding diaryl/α,β-unsaturated/α-hetero) is 1. The Morgan fingerprint density at radius 2 is 1.94 bits per heavy atom. The zero-order valence-corrected chi connectivity index (χ0v) is 11.5. The van der Waals surface area contributed by atoms with Crippen LogP contribution in [0.3, 0.4) is 0 Å². The van der Waals surface area contributed by atoms with Gasteiger partial charge in [0.15, 0.2) is 5.78 Å². The maximum Gasteiger partial charge on any atom is 0.248 e. The van der Waals surface area contributed by atoms with Crippen LogP contribution in [0, 0.1) is 0 Å². The van der Waals surface area contributed by atoms with Crippen LogP contribution < -0.4 is 21.5 Å².